The van der Waals surface area contributed by atoms with Crippen molar-refractivity contribution in [1.29, 1.82) is 5.26 Å². The third-order valence-corrected chi connectivity index (χ3v) is 3.67. The molecule has 0 saturated heterocycles. The fraction of sp³-hybridized carbons (Fsp3) is 0. The first-order chi connectivity index (χ1) is 13.1. The lowest BCUT2D eigenvalue weighted by Gasteiger charge is -2.09. The maximum absolute atomic E-state index is 13.7. The number of pyridine rings is 1. The topological polar surface area (TPSA) is 94.9 Å². The number of carbonyl (C=O) groups is 2. The van der Waals surface area contributed by atoms with Crippen molar-refractivity contribution in [3.63, 3.8) is 0 Å². The Morgan fingerprint density at radius 3 is 2.33 bits per heavy atom. The van der Waals surface area contributed by atoms with Crippen LogP contribution in [-0.2, 0) is 0 Å². The lowest BCUT2D eigenvalue weighted by atomic mass is 10.1. The maximum atomic E-state index is 13.7. The van der Waals surface area contributed by atoms with E-state index >= 15 is 0 Å². The van der Waals surface area contributed by atoms with Gasteiger partial charge in [0.2, 0.25) is 0 Å². The molecule has 2 aromatic carbocycles. The third-order valence-electron chi connectivity index (χ3n) is 3.67. The summed E-state index contributed by atoms with van der Waals surface area (Å²) < 4.78 is 13.7. The number of hydrogen-bond acceptors (Lipinski definition) is 4. The molecule has 0 aliphatic heterocycles. The number of amides is 2. The van der Waals surface area contributed by atoms with Crippen LogP contribution in [0.4, 0.5) is 15.8 Å². The van der Waals surface area contributed by atoms with Gasteiger partial charge in [0.15, 0.2) is 0 Å². The van der Waals surface area contributed by atoms with Gasteiger partial charge < -0.3 is 10.6 Å². The van der Waals surface area contributed by atoms with Gasteiger partial charge in [-0.15, -0.1) is 0 Å². The molecule has 0 aliphatic rings. The Bertz CT molecular complexity index is 1060. The lowest BCUT2D eigenvalue weighted by Crippen LogP contribution is -2.17. The summed E-state index contributed by atoms with van der Waals surface area (Å²) in [6, 6.07) is 17.0. The van der Waals surface area contributed by atoms with Gasteiger partial charge in [0, 0.05) is 11.8 Å². The number of hydrogen-bond donors (Lipinski definition) is 2. The second-order valence-electron chi connectivity index (χ2n) is 5.48. The van der Waals surface area contributed by atoms with Crippen molar-refractivity contribution in [3.05, 3.63) is 89.5 Å². The van der Waals surface area contributed by atoms with Crippen molar-refractivity contribution in [2.24, 2.45) is 0 Å². The predicted molar refractivity (Wildman–Crippen MR) is 97.7 cm³/mol. The van der Waals surface area contributed by atoms with Gasteiger partial charge in [0.25, 0.3) is 11.8 Å². The molecule has 3 aromatic rings. The van der Waals surface area contributed by atoms with Gasteiger partial charge in [-0.2, -0.15) is 5.26 Å². The van der Waals surface area contributed by atoms with Crippen molar-refractivity contribution in [1.82, 2.24) is 4.98 Å². The molecule has 0 spiro atoms. The number of rotatable bonds is 4. The van der Waals surface area contributed by atoms with Crippen molar-refractivity contribution < 1.29 is 14.0 Å². The van der Waals surface area contributed by atoms with E-state index in [-0.39, 0.29) is 16.9 Å². The average molecular weight is 360 g/mol. The normalized spacial score (nSPS) is 9.93. The zero-order valence-corrected chi connectivity index (χ0v) is 13.9. The molecule has 0 fully saturated rings. The molecule has 2 amide bonds. The summed E-state index contributed by atoms with van der Waals surface area (Å²) >= 11 is 0. The van der Waals surface area contributed by atoms with Crippen LogP contribution < -0.4 is 10.6 Å². The first kappa shape index (κ1) is 17.8. The van der Waals surface area contributed by atoms with E-state index in [4.69, 9.17) is 5.26 Å². The van der Waals surface area contributed by atoms with E-state index in [1.165, 1.54) is 36.5 Å². The number of nitrogens with zero attached hydrogens (tertiary/aromatic N) is 2. The molecular weight excluding hydrogens is 347 g/mol. The van der Waals surface area contributed by atoms with Gasteiger partial charge in [-0.1, -0.05) is 24.3 Å². The van der Waals surface area contributed by atoms with Crippen LogP contribution in [0.15, 0.2) is 66.9 Å². The fourth-order valence-electron chi connectivity index (χ4n) is 2.33. The molecule has 0 aliphatic carbocycles. The minimum absolute atomic E-state index is 0.0158. The molecule has 2 N–H and O–H groups in total. The number of aromatic nitrogens is 1. The van der Waals surface area contributed by atoms with E-state index in [1.54, 1.807) is 30.3 Å². The van der Waals surface area contributed by atoms with Crippen LogP contribution in [0.3, 0.4) is 0 Å². The molecule has 7 heteroatoms. The summed E-state index contributed by atoms with van der Waals surface area (Å²) in [6.07, 6.45) is 1.31. The standard InChI is InChI=1S/C20H13FN4O2/c21-15-6-2-4-8-17(15)25-20(27)18-11-13(9-10-23-18)19(26)24-16-7-3-1-5-14(16)12-22/h1-11H,(H,24,26)(H,25,27). The minimum Gasteiger partial charge on any atom is -0.321 e. The Hall–Kier alpha value is -4.05. The molecule has 1 aromatic heterocycles. The number of nitrogens with one attached hydrogen (secondary N) is 2. The maximum Gasteiger partial charge on any atom is 0.274 e. The Morgan fingerprint density at radius 1 is 0.926 bits per heavy atom. The van der Waals surface area contributed by atoms with Crippen LogP contribution in [0.25, 0.3) is 0 Å². The highest BCUT2D eigenvalue weighted by atomic mass is 19.1. The second kappa shape index (κ2) is 7.89. The number of nitriles is 1. The number of carbonyl (C=O) groups excluding carboxylic acids is 2. The largest absolute Gasteiger partial charge is 0.321 e. The van der Waals surface area contributed by atoms with Gasteiger partial charge in [0.05, 0.1) is 16.9 Å². The van der Waals surface area contributed by atoms with Crippen LogP contribution in [0.1, 0.15) is 26.4 Å². The van der Waals surface area contributed by atoms with Crippen LogP contribution in [0.5, 0.6) is 0 Å². The highest BCUT2D eigenvalue weighted by Crippen LogP contribution is 2.16. The molecule has 3 rings (SSSR count). The van der Waals surface area contributed by atoms with E-state index in [9.17, 15) is 14.0 Å². The first-order valence-corrected chi connectivity index (χ1v) is 7.91. The molecule has 0 radical (unpaired) electrons. The van der Waals surface area contributed by atoms with E-state index in [2.05, 4.69) is 15.6 Å². The molecule has 27 heavy (non-hydrogen) atoms. The van der Waals surface area contributed by atoms with Gasteiger partial charge in [0.1, 0.15) is 17.6 Å². The monoisotopic (exact) mass is 360 g/mol. The summed E-state index contributed by atoms with van der Waals surface area (Å²) in [5.74, 6) is -1.72. The lowest BCUT2D eigenvalue weighted by molar-refractivity contribution is 0.102. The predicted octanol–water partition coefficient (Wildman–Crippen LogP) is 3.60. The van der Waals surface area contributed by atoms with Crippen LogP contribution in [0.2, 0.25) is 0 Å². The summed E-state index contributed by atoms with van der Waals surface area (Å²) in [7, 11) is 0. The van der Waals surface area contributed by atoms with E-state index < -0.39 is 17.6 Å². The molecule has 0 saturated carbocycles. The highest BCUT2D eigenvalue weighted by Gasteiger charge is 2.14. The number of halogens is 1. The SMILES string of the molecule is N#Cc1ccccc1NC(=O)c1ccnc(C(=O)Nc2ccccc2F)c1. The van der Waals surface area contributed by atoms with Crippen LogP contribution in [0, 0.1) is 17.1 Å². The van der Waals surface area contributed by atoms with E-state index in [0.717, 1.165) is 0 Å². The van der Waals surface area contributed by atoms with Gasteiger partial charge in [-0.3, -0.25) is 14.6 Å². The molecule has 0 unspecified atom stereocenters. The summed E-state index contributed by atoms with van der Waals surface area (Å²) in [6.45, 7) is 0. The van der Waals surface area contributed by atoms with Gasteiger partial charge in [-0.05, 0) is 36.4 Å². The smallest absolute Gasteiger partial charge is 0.274 e. The fourth-order valence-corrected chi connectivity index (χ4v) is 2.33. The number of anilines is 2. The number of para-hydroxylation sites is 2. The van der Waals surface area contributed by atoms with Crippen LogP contribution >= 0.6 is 0 Å². The van der Waals surface area contributed by atoms with Gasteiger partial charge >= 0.3 is 0 Å². The van der Waals surface area contributed by atoms with Crippen molar-refractivity contribution in [2.45, 2.75) is 0 Å². The van der Waals surface area contributed by atoms with Crippen molar-refractivity contribution in [3.8, 4) is 6.07 Å². The highest BCUT2D eigenvalue weighted by molar-refractivity contribution is 6.08. The van der Waals surface area contributed by atoms with E-state index in [1.807, 2.05) is 6.07 Å². The summed E-state index contributed by atoms with van der Waals surface area (Å²) in [5, 5.41) is 14.1. The Labute approximate surface area is 154 Å². The summed E-state index contributed by atoms with van der Waals surface area (Å²) in [5.41, 5.74) is 0.828. The molecule has 0 bridgehead atoms. The molecule has 0 atom stereocenters. The first-order valence-electron chi connectivity index (χ1n) is 7.91. The van der Waals surface area contributed by atoms with Gasteiger partial charge in [-0.25, -0.2) is 4.39 Å². The molecule has 132 valence electrons. The van der Waals surface area contributed by atoms with Crippen LogP contribution in [-0.4, -0.2) is 16.8 Å². The minimum atomic E-state index is -0.646. The zero-order chi connectivity index (χ0) is 19.2. The Kier molecular flexibility index (Phi) is 5.19. The van der Waals surface area contributed by atoms with E-state index in [0.29, 0.717) is 11.3 Å². The summed E-state index contributed by atoms with van der Waals surface area (Å²) in [4.78, 5) is 28.6. The average Bonchev–Trinajstić information content (AvgIpc) is 2.70. The molecular formula is C20H13FN4O2. The second-order valence-corrected chi connectivity index (χ2v) is 5.48. The Balaban J connectivity index is 1.79. The van der Waals surface area contributed by atoms with Crippen molar-refractivity contribution >= 4 is 23.2 Å². The number of benzene rings is 2. The molecule has 1 heterocycles. The quantitative estimate of drug-likeness (QED) is 0.743. The zero-order valence-electron chi connectivity index (χ0n) is 13.9. The van der Waals surface area contributed by atoms with Crippen molar-refractivity contribution in [2.75, 3.05) is 10.6 Å². The third kappa shape index (κ3) is 4.14. The Morgan fingerprint density at radius 2 is 1.59 bits per heavy atom. The molecule has 6 nitrogen and oxygen atoms in total.